The van der Waals surface area contributed by atoms with Gasteiger partial charge in [0.05, 0.1) is 0 Å². The molecule has 0 saturated carbocycles. The second-order valence-corrected chi connectivity index (χ2v) is 6.45. The normalized spacial score (nSPS) is 12.8. The van der Waals surface area contributed by atoms with Crippen molar-refractivity contribution in [3.05, 3.63) is 23.2 Å². The highest BCUT2D eigenvalue weighted by atomic mass is 16.4. The summed E-state index contributed by atoms with van der Waals surface area (Å²) in [5.74, 6) is -2.76. The zero-order valence-electron chi connectivity index (χ0n) is 15.7. The molecule has 0 radical (unpaired) electrons. The summed E-state index contributed by atoms with van der Waals surface area (Å²) in [7, 11) is 0. The molecule has 0 aliphatic carbocycles. The number of aliphatic hydroxyl groups is 2. The molecule has 144 valence electrons. The molecule has 0 saturated heterocycles. The molecule has 0 aromatic carbocycles. The summed E-state index contributed by atoms with van der Waals surface area (Å²) in [4.78, 5) is 23.1. The van der Waals surface area contributed by atoms with Gasteiger partial charge in [-0.05, 0) is 12.8 Å². The van der Waals surface area contributed by atoms with E-state index >= 15 is 0 Å². The predicted octanol–water partition coefficient (Wildman–Crippen LogP) is 5.62. The van der Waals surface area contributed by atoms with E-state index in [4.69, 9.17) is 0 Å². The summed E-state index contributed by atoms with van der Waals surface area (Å²) < 4.78 is 0. The Hall–Kier alpha value is -1.78. The topological polar surface area (TPSA) is 94.8 Å². The number of allylic oxidation sites excluding steroid dienone is 2. The quantitative estimate of drug-likeness (QED) is 0.154. The average Bonchev–Trinajstić information content (AvgIpc) is 2.54. The van der Waals surface area contributed by atoms with Crippen LogP contribution in [0.1, 0.15) is 90.9 Å². The van der Waals surface area contributed by atoms with Crippen LogP contribution in [0, 0.1) is 0 Å². The summed E-state index contributed by atoms with van der Waals surface area (Å²) in [6.07, 6.45) is 11.2. The van der Waals surface area contributed by atoms with Gasteiger partial charge in [0.1, 0.15) is 17.1 Å². The average molecular weight is 354 g/mol. The molecular formula is C20H34O5. The number of carboxylic acids is 1. The van der Waals surface area contributed by atoms with Crippen molar-refractivity contribution in [1.29, 1.82) is 0 Å². The summed E-state index contributed by atoms with van der Waals surface area (Å²) in [5.41, 5.74) is -0.560. The number of carbonyl (C=O) groups excluding carboxylic acids is 1. The van der Waals surface area contributed by atoms with Gasteiger partial charge in [-0.15, -0.1) is 0 Å². The maximum Gasteiger partial charge on any atom is 0.342 e. The van der Waals surface area contributed by atoms with Crippen LogP contribution in [-0.2, 0) is 9.59 Å². The molecule has 0 unspecified atom stereocenters. The van der Waals surface area contributed by atoms with Crippen molar-refractivity contribution in [2.45, 2.75) is 90.9 Å². The van der Waals surface area contributed by atoms with E-state index in [-0.39, 0.29) is 24.4 Å². The number of hydrogen-bond donors (Lipinski definition) is 3. The van der Waals surface area contributed by atoms with Crippen molar-refractivity contribution in [3.8, 4) is 0 Å². The van der Waals surface area contributed by atoms with E-state index in [2.05, 4.69) is 13.8 Å². The first kappa shape index (κ1) is 23.2. The van der Waals surface area contributed by atoms with Crippen LogP contribution in [0.3, 0.4) is 0 Å². The van der Waals surface area contributed by atoms with Crippen LogP contribution in [-0.4, -0.2) is 27.1 Å². The minimum Gasteiger partial charge on any atom is -0.511 e. The monoisotopic (exact) mass is 354 g/mol. The second kappa shape index (κ2) is 14.6. The lowest BCUT2D eigenvalue weighted by Crippen LogP contribution is -2.09. The van der Waals surface area contributed by atoms with Gasteiger partial charge in [0, 0.05) is 18.9 Å². The Balaban J connectivity index is 4.63. The van der Waals surface area contributed by atoms with E-state index in [0.717, 1.165) is 63.9 Å². The first-order valence-corrected chi connectivity index (χ1v) is 9.53. The zero-order valence-corrected chi connectivity index (χ0v) is 15.7. The first-order chi connectivity index (χ1) is 11.9. The van der Waals surface area contributed by atoms with E-state index in [1.54, 1.807) is 0 Å². The summed E-state index contributed by atoms with van der Waals surface area (Å²) >= 11 is 0. The number of ketones is 1. The summed E-state index contributed by atoms with van der Waals surface area (Å²) in [6, 6.07) is 0. The first-order valence-electron chi connectivity index (χ1n) is 9.53. The standard InChI is InChI=1S/C20H34O5/c1-3-5-7-9-11-13-16(21)15-18(23)19(20(24)25)17(22)14-12-10-8-6-4-2/h15,22-23H,3-14H2,1-2H3,(H,24,25). The molecule has 25 heavy (non-hydrogen) atoms. The van der Waals surface area contributed by atoms with Crippen LogP contribution < -0.4 is 0 Å². The molecule has 0 aromatic heterocycles. The van der Waals surface area contributed by atoms with Crippen molar-refractivity contribution in [1.82, 2.24) is 0 Å². The fourth-order valence-electron chi connectivity index (χ4n) is 2.60. The fraction of sp³-hybridized carbons (Fsp3) is 0.700. The number of carboxylic acid groups (broad SMARTS) is 1. The minimum atomic E-state index is -1.42. The van der Waals surface area contributed by atoms with Crippen LogP contribution in [0.2, 0.25) is 0 Å². The Morgan fingerprint density at radius 2 is 1.20 bits per heavy atom. The molecule has 0 rings (SSSR count). The summed E-state index contributed by atoms with van der Waals surface area (Å²) in [5, 5.41) is 29.1. The highest BCUT2D eigenvalue weighted by molar-refractivity contribution is 5.96. The molecule has 0 atom stereocenters. The van der Waals surface area contributed by atoms with Crippen molar-refractivity contribution in [3.63, 3.8) is 0 Å². The Kier molecular flexibility index (Phi) is 13.5. The third-order valence-corrected chi connectivity index (χ3v) is 4.10. The van der Waals surface area contributed by atoms with Gasteiger partial charge in [0.15, 0.2) is 5.78 Å². The van der Waals surface area contributed by atoms with E-state index < -0.39 is 17.3 Å². The number of hydrogen-bond acceptors (Lipinski definition) is 4. The van der Waals surface area contributed by atoms with Crippen LogP contribution in [0.4, 0.5) is 0 Å². The molecule has 0 amide bonds. The molecule has 5 nitrogen and oxygen atoms in total. The van der Waals surface area contributed by atoms with Gasteiger partial charge in [-0.1, -0.05) is 65.2 Å². The highest BCUT2D eigenvalue weighted by Gasteiger charge is 2.19. The molecule has 5 heteroatoms. The molecule has 0 bridgehead atoms. The van der Waals surface area contributed by atoms with Crippen LogP contribution in [0.15, 0.2) is 23.2 Å². The Labute approximate surface area is 151 Å². The van der Waals surface area contributed by atoms with E-state index in [1.165, 1.54) is 0 Å². The smallest absolute Gasteiger partial charge is 0.342 e. The van der Waals surface area contributed by atoms with Gasteiger partial charge in [0.2, 0.25) is 0 Å². The van der Waals surface area contributed by atoms with Gasteiger partial charge >= 0.3 is 5.97 Å². The van der Waals surface area contributed by atoms with Gasteiger partial charge < -0.3 is 15.3 Å². The third-order valence-electron chi connectivity index (χ3n) is 4.10. The number of carbonyl (C=O) groups is 2. The number of rotatable bonds is 15. The van der Waals surface area contributed by atoms with Crippen LogP contribution >= 0.6 is 0 Å². The lowest BCUT2D eigenvalue weighted by Gasteiger charge is -2.07. The Morgan fingerprint density at radius 1 is 0.720 bits per heavy atom. The van der Waals surface area contributed by atoms with E-state index in [1.807, 2.05) is 0 Å². The molecule has 0 aromatic rings. The van der Waals surface area contributed by atoms with Gasteiger partial charge in [-0.25, -0.2) is 4.79 Å². The lowest BCUT2D eigenvalue weighted by atomic mass is 10.0. The lowest BCUT2D eigenvalue weighted by molar-refractivity contribution is -0.132. The molecule has 0 spiro atoms. The van der Waals surface area contributed by atoms with E-state index in [0.29, 0.717) is 6.42 Å². The van der Waals surface area contributed by atoms with Crippen molar-refractivity contribution in [2.24, 2.45) is 0 Å². The van der Waals surface area contributed by atoms with Crippen molar-refractivity contribution < 1.29 is 24.9 Å². The van der Waals surface area contributed by atoms with E-state index in [9.17, 15) is 24.9 Å². The summed E-state index contributed by atoms with van der Waals surface area (Å²) in [6.45, 7) is 4.21. The molecule has 0 aliphatic rings. The highest BCUT2D eigenvalue weighted by Crippen LogP contribution is 2.18. The SMILES string of the molecule is CCCCCCCC(=O)C=C(O)C(C(=O)O)=C(O)CCCCCCC. The largest absolute Gasteiger partial charge is 0.511 e. The number of aliphatic hydroxyl groups excluding tert-OH is 2. The second-order valence-electron chi connectivity index (χ2n) is 6.45. The maximum absolute atomic E-state index is 11.8. The molecular weight excluding hydrogens is 320 g/mol. The predicted molar refractivity (Wildman–Crippen MR) is 99.8 cm³/mol. The van der Waals surface area contributed by atoms with Crippen molar-refractivity contribution >= 4 is 11.8 Å². The number of unbranched alkanes of at least 4 members (excludes halogenated alkanes) is 8. The van der Waals surface area contributed by atoms with Crippen LogP contribution in [0.25, 0.3) is 0 Å². The maximum atomic E-state index is 11.8. The van der Waals surface area contributed by atoms with Crippen LogP contribution in [0.5, 0.6) is 0 Å². The Morgan fingerprint density at radius 3 is 1.68 bits per heavy atom. The van der Waals surface area contributed by atoms with Gasteiger partial charge in [-0.2, -0.15) is 0 Å². The fourth-order valence-corrected chi connectivity index (χ4v) is 2.60. The molecule has 0 aliphatic heterocycles. The van der Waals surface area contributed by atoms with Gasteiger partial charge in [0.25, 0.3) is 0 Å². The minimum absolute atomic E-state index is 0.189. The van der Waals surface area contributed by atoms with Gasteiger partial charge in [-0.3, -0.25) is 4.79 Å². The molecule has 0 heterocycles. The van der Waals surface area contributed by atoms with Crippen molar-refractivity contribution in [2.75, 3.05) is 0 Å². The zero-order chi connectivity index (χ0) is 19.1. The Bertz CT molecular complexity index is 463. The molecule has 3 N–H and O–H groups in total. The number of aliphatic carboxylic acids is 1. The third kappa shape index (κ3) is 11.4. The molecule has 0 fully saturated rings.